The lowest BCUT2D eigenvalue weighted by atomic mass is 10.1. The number of rotatable bonds is 11. The predicted molar refractivity (Wildman–Crippen MR) is 174 cm³/mol. The molecule has 0 spiro atoms. The SMILES string of the molecule is CCC(C(=O)NC1CCCC1)N(Cc1ccc(Cl)c(Cl)c1)C(=O)CN(c1cc(Cl)cc(Cl)c1)S(=O)(=O)c1ccc(C)cc1. The molecule has 1 fully saturated rings. The van der Waals surface area contributed by atoms with Crippen molar-refractivity contribution in [2.75, 3.05) is 10.8 Å². The molecule has 4 rings (SSSR count). The summed E-state index contributed by atoms with van der Waals surface area (Å²) in [5.41, 5.74) is 1.62. The van der Waals surface area contributed by atoms with Gasteiger partial charge in [-0.05, 0) is 74.2 Å². The van der Waals surface area contributed by atoms with Crippen molar-refractivity contribution in [1.82, 2.24) is 10.2 Å². The van der Waals surface area contributed by atoms with Gasteiger partial charge in [-0.15, -0.1) is 0 Å². The minimum atomic E-state index is -4.26. The van der Waals surface area contributed by atoms with Crippen LogP contribution in [-0.2, 0) is 26.2 Å². The molecule has 7 nitrogen and oxygen atoms in total. The summed E-state index contributed by atoms with van der Waals surface area (Å²) in [5.74, 6) is -0.882. The van der Waals surface area contributed by atoms with Gasteiger partial charge in [0.1, 0.15) is 12.6 Å². The lowest BCUT2D eigenvalue weighted by molar-refractivity contribution is -0.140. The van der Waals surface area contributed by atoms with Crippen LogP contribution in [0.5, 0.6) is 0 Å². The number of aryl methyl sites for hydroxylation is 1. The van der Waals surface area contributed by atoms with Crippen LogP contribution in [0.15, 0.2) is 65.6 Å². The number of halogens is 4. The number of hydrogen-bond donors (Lipinski definition) is 1. The smallest absolute Gasteiger partial charge is 0.264 e. The Balaban J connectivity index is 1.75. The summed E-state index contributed by atoms with van der Waals surface area (Å²) in [6, 6.07) is 14.8. The molecule has 43 heavy (non-hydrogen) atoms. The second-order valence-electron chi connectivity index (χ2n) is 10.6. The van der Waals surface area contributed by atoms with E-state index in [1.807, 2.05) is 13.8 Å². The fourth-order valence-corrected chi connectivity index (χ4v) is 7.40. The average Bonchev–Trinajstić information content (AvgIpc) is 3.46. The van der Waals surface area contributed by atoms with Gasteiger partial charge >= 0.3 is 0 Å². The summed E-state index contributed by atoms with van der Waals surface area (Å²) in [6.45, 7) is 3.05. The molecule has 2 amide bonds. The Morgan fingerprint density at radius 2 is 1.53 bits per heavy atom. The zero-order valence-electron chi connectivity index (χ0n) is 23.8. The van der Waals surface area contributed by atoms with Crippen molar-refractivity contribution in [3.05, 3.63) is 91.9 Å². The number of hydrogen-bond acceptors (Lipinski definition) is 4. The monoisotopic (exact) mass is 683 g/mol. The number of sulfonamides is 1. The van der Waals surface area contributed by atoms with E-state index in [0.29, 0.717) is 22.0 Å². The van der Waals surface area contributed by atoms with Crippen molar-refractivity contribution >= 4 is 73.9 Å². The molecule has 0 aliphatic heterocycles. The van der Waals surface area contributed by atoms with E-state index in [4.69, 9.17) is 46.4 Å². The van der Waals surface area contributed by atoms with Crippen LogP contribution < -0.4 is 9.62 Å². The van der Waals surface area contributed by atoms with Gasteiger partial charge in [-0.2, -0.15) is 0 Å². The van der Waals surface area contributed by atoms with Gasteiger partial charge in [0.05, 0.1) is 20.6 Å². The van der Waals surface area contributed by atoms with Gasteiger partial charge in [0.2, 0.25) is 11.8 Å². The Bertz CT molecular complexity index is 1560. The molecule has 0 bridgehead atoms. The average molecular weight is 686 g/mol. The lowest BCUT2D eigenvalue weighted by Crippen LogP contribution is -2.53. The molecular weight excluding hydrogens is 652 g/mol. The second-order valence-corrected chi connectivity index (χ2v) is 14.2. The van der Waals surface area contributed by atoms with Gasteiger partial charge in [0.25, 0.3) is 10.0 Å². The molecule has 0 radical (unpaired) electrons. The van der Waals surface area contributed by atoms with E-state index in [0.717, 1.165) is 35.6 Å². The third kappa shape index (κ3) is 8.37. The molecule has 3 aromatic carbocycles. The molecule has 1 aliphatic carbocycles. The standard InChI is InChI=1S/C31H33Cl4N3O4S/c1-3-29(31(40)36-24-6-4-5-7-24)37(18-21-10-13-27(34)28(35)14-21)30(39)19-38(25-16-22(32)15-23(33)17-25)43(41,42)26-11-8-20(2)9-12-26/h8-17,24,29H,3-7,18-19H2,1-2H3,(H,36,40). The predicted octanol–water partition coefficient (Wildman–Crippen LogP) is 7.67. The van der Waals surface area contributed by atoms with E-state index < -0.39 is 28.5 Å². The third-order valence-corrected chi connectivity index (χ3v) is 10.4. The molecule has 1 aliphatic rings. The summed E-state index contributed by atoms with van der Waals surface area (Å²) >= 11 is 24.9. The fraction of sp³-hybridized carbons (Fsp3) is 0.355. The Morgan fingerprint density at radius 1 is 0.907 bits per heavy atom. The lowest BCUT2D eigenvalue weighted by Gasteiger charge is -2.34. The first-order valence-electron chi connectivity index (χ1n) is 14.0. The van der Waals surface area contributed by atoms with Crippen LogP contribution in [0.25, 0.3) is 0 Å². The van der Waals surface area contributed by atoms with Crippen LogP contribution in [0.3, 0.4) is 0 Å². The molecule has 3 aromatic rings. The van der Waals surface area contributed by atoms with Gasteiger partial charge in [0, 0.05) is 22.6 Å². The largest absolute Gasteiger partial charge is 0.352 e. The molecule has 230 valence electrons. The Kier molecular flexibility index (Phi) is 11.3. The molecule has 0 saturated heterocycles. The highest BCUT2D eigenvalue weighted by atomic mass is 35.5. The summed E-state index contributed by atoms with van der Waals surface area (Å²) in [7, 11) is -4.26. The van der Waals surface area contributed by atoms with E-state index in [-0.39, 0.29) is 39.1 Å². The van der Waals surface area contributed by atoms with Crippen LogP contribution >= 0.6 is 46.4 Å². The maximum Gasteiger partial charge on any atom is 0.264 e. The first-order valence-corrected chi connectivity index (χ1v) is 16.9. The topological polar surface area (TPSA) is 86.8 Å². The molecule has 12 heteroatoms. The van der Waals surface area contributed by atoms with Crippen LogP contribution in [0.4, 0.5) is 5.69 Å². The summed E-state index contributed by atoms with van der Waals surface area (Å²) < 4.78 is 29.0. The maximum atomic E-state index is 14.2. The first-order chi connectivity index (χ1) is 20.4. The van der Waals surface area contributed by atoms with Gasteiger partial charge in [-0.1, -0.05) is 89.9 Å². The van der Waals surface area contributed by atoms with E-state index >= 15 is 0 Å². The number of nitrogens with one attached hydrogen (secondary N) is 1. The number of amides is 2. The molecule has 0 aromatic heterocycles. The zero-order valence-corrected chi connectivity index (χ0v) is 27.7. The van der Waals surface area contributed by atoms with Crippen LogP contribution in [0.1, 0.15) is 50.2 Å². The van der Waals surface area contributed by atoms with Crippen molar-refractivity contribution in [3.8, 4) is 0 Å². The molecule has 0 heterocycles. The third-order valence-electron chi connectivity index (χ3n) is 7.45. The number of nitrogens with zero attached hydrogens (tertiary/aromatic N) is 2. The Morgan fingerprint density at radius 3 is 2.12 bits per heavy atom. The van der Waals surface area contributed by atoms with Gasteiger partial charge < -0.3 is 10.2 Å². The van der Waals surface area contributed by atoms with Crippen molar-refractivity contribution < 1.29 is 18.0 Å². The fourth-order valence-electron chi connectivity index (χ4n) is 5.17. The van der Waals surface area contributed by atoms with Gasteiger partial charge in [-0.25, -0.2) is 8.42 Å². The number of anilines is 1. The van der Waals surface area contributed by atoms with Crippen molar-refractivity contribution in [2.45, 2.75) is 69.5 Å². The highest BCUT2D eigenvalue weighted by molar-refractivity contribution is 7.92. The minimum Gasteiger partial charge on any atom is -0.352 e. The molecular formula is C31H33Cl4N3O4S. The highest BCUT2D eigenvalue weighted by Crippen LogP contribution is 2.31. The van der Waals surface area contributed by atoms with E-state index in [1.54, 1.807) is 30.3 Å². The van der Waals surface area contributed by atoms with Crippen molar-refractivity contribution in [2.24, 2.45) is 0 Å². The van der Waals surface area contributed by atoms with E-state index in [1.165, 1.54) is 35.2 Å². The normalized spacial score (nSPS) is 14.4. The van der Waals surface area contributed by atoms with Crippen LogP contribution in [0.2, 0.25) is 20.1 Å². The van der Waals surface area contributed by atoms with Gasteiger partial charge in [0.15, 0.2) is 0 Å². The first kappa shape index (κ1) is 33.4. The summed E-state index contributed by atoms with van der Waals surface area (Å²) in [5, 5.41) is 4.14. The van der Waals surface area contributed by atoms with E-state index in [9.17, 15) is 18.0 Å². The molecule has 1 N–H and O–H groups in total. The van der Waals surface area contributed by atoms with Crippen LogP contribution in [-0.4, -0.2) is 43.8 Å². The number of carbonyl (C=O) groups excluding carboxylic acids is 2. The minimum absolute atomic E-state index is 0.00103. The quantitative estimate of drug-likeness (QED) is 0.225. The number of carbonyl (C=O) groups is 2. The maximum absolute atomic E-state index is 14.2. The highest BCUT2D eigenvalue weighted by Gasteiger charge is 2.35. The van der Waals surface area contributed by atoms with E-state index in [2.05, 4.69) is 5.32 Å². The Labute approximate surface area is 273 Å². The molecule has 1 atom stereocenters. The van der Waals surface area contributed by atoms with Crippen molar-refractivity contribution in [1.29, 1.82) is 0 Å². The number of benzene rings is 3. The summed E-state index contributed by atoms with van der Waals surface area (Å²) in [4.78, 5) is 29.2. The van der Waals surface area contributed by atoms with Gasteiger partial charge in [-0.3, -0.25) is 13.9 Å². The molecule has 1 saturated carbocycles. The zero-order chi connectivity index (χ0) is 31.3. The Hall–Kier alpha value is -2.49. The molecule has 1 unspecified atom stereocenters. The summed E-state index contributed by atoms with van der Waals surface area (Å²) in [6.07, 6.45) is 4.12. The van der Waals surface area contributed by atoms with Crippen molar-refractivity contribution in [3.63, 3.8) is 0 Å². The van der Waals surface area contributed by atoms with Crippen LogP contribution in [0, 0.1) is 6.92 Å². The second kappa shape index (κ2) is 14.5.